The minimum Gasteiger partial charge on any atom is -0.494 e. The molecule has 0 aliphatic rings. The van der Waals surface area contributed by atoms with Crippen molar-refractivity contribution in [3.63, 3.8) is 0 Å². The standard InChI is InChI=1S/C16H15FN2O/c17-16-11-14(8-7-13(16)12-18)19-9-4-10-20-15-5-2-1-3-6-15/h1-3,5-8,11,19H,4,9-10H2. The Morgan fingerprint density at radius 3 is 2.65 bits per heavy atom. The lowest BCUT2D eigenvalue weighted by Crippen LogP contribution is -2.07. The molecule has 0 aromatic heterocycles. The van der Waals surface area contributed by atoms with E-state index in [-0.39, 0.29) is 5.56 Å². The maximum absolute atomic E-state index is 13.4. The predicted octanol–water partition coefficient (Wildman–Crippen LogP) is 3.58. The predicted molar refractivity (Wildman–Crippen MR) is 76.2 cm³/mol. The molecule has 20 heavy (non-hydrogen) atoms. The molecule has 0 radical (unpaired) electrons. The van der Waals surface area contributed by atoms with E-state index in [0.29, 0.717) is 18.8 Å². The fourth-order valence-electron chi connectivity index (χ4n) is 1.73. The first kappa shape index (κ1) is 13.9. The van der Waals surface area contributed by atoms with Crippen LogP contribution in [-0.4, -0.2) is 13.2 Å². The molecule has 102 valence electrons. The van der Waals surface area contributed by atoms with E-state index < -0.39 is 5.82 Å². The fraction of sp³-hybridized carbons (Fsp3) is 0.188. The third-order valence-electron chi connectivity index (χ3n) is 2.75. The fourth-order valence-corrected chi connectivity index (χ4v) is 1.73. The maximum atomic E-state index is 13.4. The van der Waals surface area contributed by atoms with E-state index in [1.807, 2.05) is 30.3 Å². The van der Waals surface area contributed by atoms with Gasteiger partial charge in [0.05, 0.1) is 12.2 Å². The van der Waals surface area contributed by atoms with Crippen molar-refractivity contribution in [2.45, 2.75) is 6.42 Å². The molecule has 0 amide bonds. The smallest absolute Gasteiger partial charge is 0.143 e. The molecule has 0 bridgehead atoms. The minimum absolute atomic E-state index is 0.0583. The molecule has 0 aliphatic carbocycles. The van der Waals surface area contributed by atoms with Gasteiger partial charge in [0, 0.05) is 12.2 Å². The van der Waals surface area contributed by atoms with Gasteiger partial charge < -0.3 is 10.1 Å². The zero-order chi connectivity index (χ0) is 14.2. The molecule has 0 spiro atoms. The number of nitrogens with one attached hydrogen (secondary N) is 1. The third kappa shape index (κ3) is 3.99. The molecule has 4 heteroatoms. The number of nitriles is 1. The van der Waals surface area contributed by atoms with Gasteiger partial charge in [0.2, 0.25) is 0 Å². The Hall–Kier alpha value is -2.54. The van der Waals surface area contributed by atoms with Crippen molar-refractivity contribution in [1.82, 2.24) is 0 Å². The highest BCUT2D eigenvalue weighted by Gasteiger charge is 2.01. The lowest BCUT2D eigenvalue weighted by Gasteiger charge is -2.08. The lowest BCUT2D eigenvalue weighted by molar-refractivity contribution is 0.315. The van der Waals surface area contributed by atoms with Crippen LogP contribution in [0.3, 0.4) is 0 Å². The largest absolute Gasteiger partial charge is 0.494 e. The van der Waals surface area contributed by atoms with Crippen LogP contribution in [0.25, 0.3) is 0 Å². The van der Waals surface area contributed by atoms with Gasteiger partial charge in [-0.05, 0) is 36.8 Å². The van der Waals surface area contributed by atoms with Gasteiger partial charge in [-0.3, -0.25) is 0 Å². The summed E-state index contributed by atoms with van der Waals surface area (Å²) in [5, 5.41) is 11.7. The monoisotopic (exact) mass is 270 g/mol. The number of halogens is 1. The average molecular weight is 270 g/mol. The molecule has 0 atom stereocenters. The van der Waals surface area contributed by atoms with E-state index in [0.717, 1.165) is 12.2 Å². The molecule has 3 nitrogen and oxygen atoms in total. The van der Waals surface area contributed by atoms with Crippen LogP contribution in [-0.2, 0) is 0 Å². The molecule has 0 heterocycles. The number of hydrogen-bond donors (Lipinski definition) is 1. The van der Waals surface area contributed by atoms with Gasteiger partial charge in [-0.15, -0.1) is 0 Å². The van der Waals surface area contributed by atoms with Gasteiger partial charge >= 0.3 is 0 Å². The van der Waals surface area contributed by atoms with Crippen molar-refractivity contribution in [2.75, 3.05) is 18.5 Å². The molecule has 2 rings (SSSR count). The second-order valence-electron chi connectivity index (χ2n) is 4.25. The topological polar surface area (TPSA) is 45.0 Å². The number of hydrogen-bond acceptors (Lipinski definition) is 3. The van der Waals surface area contributed by atoms with Crippen molar-refractivity contribution < 1.29 is 9.13 Å². The summed E-state index contributed by atoms with van der Waals surface area (Å²) in [6.07, 6.45) is 0.802. The highest BCUT2D eigenvalue weighted by atomic mass is 19.1. The van der Waals surface area contributed by atoms with Gasteiger partial charge in [-0.25, -0.2) is 4.39 Å². The molecular weight excluding hydrogens is 255 g/mol. The normalized spacial score (nSPS) is 9.80. The zero-order valence-corrected chi connectivity index (χ0v) is 11.0. The summed E-state index contributed by atoms with van der Waals surface area (Å²) in [6, 6.07) is 15.9. The van der Waals surface area contributed by atoms with E-state index in [1.165, 1.54) is 12.1 Å². The summed E-state index contributed by atoms with van der Waals surface area (Å²) >= 11 is 0. The third-order valence-corrected chi connectivity index (χ3v) is 2.75. The molecule has 0 saturated heterocycles. The highest BCUT2D eigenvalue weighted by molar-refractivity contribution is 5.48. The molecule has 0 aliphatic heterocycles. The summed E-state index contributed by atoms with van der Waals surface area (Å²) in [5.74, 6) is 0.343. The Labute approximate surface area is 117 Å². The first-order chi connectivity index (χ1) is 9.79. The van der Waals surface area contributed by atoms with Gasteiger partial charge in [-0.2, -0.15) is 5.26 Å². The van der Waals surface area contributed by atoms with E-state index in [2.05, 4.69) is 5.32 Å². The maximum Gasteiger partial charge on any atom is 0.143 e. The van der Waals surface area contributed by atoms with Crippen molar-refractivity contribution in [3.8, 4) is 11.8 Å². The number of anilines is 1. The molecule has 2 aromatic carbocycles. The zero-order valence-electron chi connectivity index (χ0n) is 11.0. The van der Waals surface area contributed by atoms with Crippen LogP contribution in [0.1, 0.15) is 12.0 Å². The SMILES string of the molecule is N#Cc1ccc(NCCCOc2ccccc2)cc1F. The summed E-state index contributed by atoms with van der Waals surface area (Å²) in [4.78, 5) is 0. The van der Waals surface area contributed by atoms with Gasteiger partial charge in [0.15, 0.2) is 0 Å². The van der Waals surface area contributed by atoms with Crippen LogP contribution in [0, 0.1) is 17.1 Å². The Balaban J connectivity index is 1.71. The van der Waals surface area contributed by atoms with Crippen molar-refractivity contribution in [1.29, 1.82) is 5.26 Å². The molecule has 0 unspecified atom stereocenters. The van der Waals surface area contributed by atoms with Crippen LogP contribution < -0.4 is 10.1 Å². The number of nitrogens with zero attached hydrogens (tertiary/aromatic N) is 1. The lowest BCUT2D eigenvalue weighted by atomic mass is 10.2. The van der Waals surface area contributed by atoms with Crippen molar-refractivity contribution in [2.24, 2.45) is 0 Å². The van der Waals surface area contributed by atoms with Crippen LogP contribution in [0.5, 0.6) is 5.75 Å². The van der Waals surface area contributed by atoms with Crippen LogP contribution in [0.2, 0.25) is 0 Å². The van der Waals surface area contributed by atoms with E-state index in [1.54, 1.807) is 12.1 Å². The number of benzene rings is 2. The quantitative estimate of drug-likeness (QED) is 0.816. The molecular formula is C16H15FN2O. The first-order valence-corrected chi connectivity index (χ1v) is 6.41. The Bertz CT molecular complexity index is 593. The Morgan fingerprint density at radius 2 is 1.95 bits per heavy atom. The number of rotatable bonds is 6. The van der Waals surface area contributed by atoms with E-state index in [9.17, 15) is 4.39 Å². The molecule has 0 fully saturated rings. The van der Waals surface area contributed by atoms with E-state index in [4.69, 9.17) is 10.00 Å². The second kappa shape index (κ2) is 7.15. The van der Waals surface area contributed by atoms with Crippen molar-refractivity contribution >= 4 is 5.69 Å². The molecule has 0 saturated carbocycles. The number of ether oxygens (including phenoxy) is 1. The minimum atomic E-state index is -0.502. The Morgan fingerprint density at radius 1 is 1.15 bits per heavy atom. The van der Waals surface area contributed by atoms with E-state index >= 15 is 0 Å². The average Bonchev–Trinajstić information content (AvgIpc) is 2.48. The highest BCUT2D eigenvalue weighted by Crippen LogP contribution is 2.14. The van der Waals surface area contributed by atoms with Gasteiger partial charge in [0.25, 0.3) is 0 Å². The van der Waals surface area contributed by atoms with Crippen LogP contribution in [0.4, 0.5) is 10.1 Å². The summed E-state index contributed by atoms with van der Waals surface area (Å²) in [7, 11) is 0. The summed E-state index contributed by atoms with van der Waals surface area (Å²) in [5.41, 5.74) is 0.726. The molecule has 2 aromatic rings. The summed E-state index contributed by atoms with van der Waals surface area (Å²) < 4.78 is 18.9. The first-order valence-electron chi connectivity index (χ1n) is 6.41. The number of para-hydroxylation sites is 1. The van der Waals surface area contributed by atoms with Crippen molar-refractivity contribution in [3.05, 3.63) is 59.9 Å². The van der Waals surface area contributed by atoms with Crippen LogP contribution >= 0.6 is 0 Å². The summed E-state index contributed by atoms with van der Waals surface area (Å²) in [6.45, 7) is 1.27. The van der Waals surface area contributed by atoms with Crippen LogP contribution in [0.15, 0.2) is 48.5 Å². The Kier molecular flexibility index (Phi) is 4.96. The molecule has 1 N–H and O–H groups in total. The van der Waals surface area contributed by atoms with Gasteiger partial charge in [0.1, 0.15) is 17.6 Å². The second-order valence-corrected chi connectivity index (χ2v) is 4.25. The van der Waals surface area contributed by atoms with Gasteiger partial charge in [-0.1, -0.05) is 18.2 Å².